The number of nitrogens with two attached hydrogens (primary N) is 1. The molecule has 1 rings (SSSR count). The molecule has 0 aliphatic heterocycles. The minimum absolute atomic E-state index is 0.201. The number of alkyl halides is 3. The Balaban J connectivity index is 3.27. The second-order valence-electron chi connectivity index (χ2n) is 2.98. The number of aliphatic hydroxyl groups excluding tert-OH is 1. The summed E-state index contributed by atoms with van der Waals surface area (Å²) in [5.74, 6) is 0. The maximum Gasteiger partial charge on any atom is 0.416 e. The van der Waals surface area contributed by atoms with Crippen LogP contribution >= 0.6 is 15.9 Å². The first kappa shape index (κ1) is 12.5. The molecule has 0 fully saturated rings. The summed E-state index contributed by atoms with van der Waals surface area (Å²) in [7, 11) is 0. The molecule has 3 N–H and O–H groups in total. The third-order valence-corrected chi connectivity index (χ3v) is 2.40. The zero-order valence-corrected chi connectivity index (χ0v) is 9.14. The SMILES string of the molecule is NC[C@@H](O)c1ccc(Br)cc1C(F)(F)F. The molecule has 0 unspecified atom stereocenters. The number of benzene rings is 1. The van der Waals surface area contributed by atoms with Crippen LogP contribution in [-0.4, -0.2) is 11.7 Å². The van der Waals surface area contributed by atoms with Crippen molar-refractivity contribution < 1.29 is 18.3 Å². The van der Waals surface area contributed by atoms with E-state index < -0.39 is 17.8 Å². The number of halogens is 4. The van der Waals surface area contributed by atoms with Gasteiger partial charge in [-0.3, -0.25) is 0 Å². The molecular formula is C9H9BrF3NO. The van der Waals surface area contributed by atoms with Gasteiger partial charge in [-0.2, -0.15) is 13.2 Å². The predicted octanol–water partition coefficient (Wildman–Crippen LogP) is 2.46. The van der Waals surface area contributed by atoms with Crippen LogP contribution in [0.4, 0.5) is 13.2 Å². The smallest absolute Gasteiger partial charge is 0.387 e. The van der Waals surface area contributed by atoms with E-state index >= 15 is 0 Å². The minimum atomic E-state index is -4.49. The Morgan fingerprint density at radius 1 is 1.40 bits per heavy atom. The van der Waals surface area contributed by atoms with Crippen molar-refractivity contribution in [1.82, 2.24) is 0 Å². The van der Waals surface area contributed by atoms with Gasteiger partial charge in [0.25, 0.3) is 0 Å². The van der Waals surface area contributed by atoms with Gasteiger partial charge in [-0.25, -0.2) is 0 Å². The monoisotopic (exact) mass is 283 g/mol. The van der Waals surface area contributed by atoms with Crippen molar-refractivity contribution in [3.8, 4) is 0 Å². The highest BCUT2D eigenvalue weighted by molar-refractivity contribution is 9.10. The molecule has 1 aromatic carbocycles. The van der Waals surface area contributed by atoms with Crippen molar-refractivity contribution in [3.05, 3.63) is 33.8 Å². The molecule has 15 heavy (non-hydrogen) atoms. The van der Waals surface area contributed by atoms with Crippen molar-refractivity contribution in [3.63, 3.8) is 0 Å². The van der Waals surface area contributed by atoms with Gasteiger partial charge in [-0.1, -0.05) is 22.0 Å². The summed E-state index contributed by atoms with van der Waals surface area (Å²) in [4.78, 5) is 0. The van der Waals surface area contributed by atoms with Crippen LogP contribution in [0.2, 0.25) is 0 Å². The molecule has 84 valence electrons. The van der Waals surface area contributed by atoms with Gasteiger partial charge < -0.3 is 10.8 Å². The van der Waals surface area contributed by atoms with Crippen LogP contribution in [0, 0.1) is 0 Å². The predicted molar refractivity (Wildman–Crippen MR) is 53.2 cm³/mol. The maximum absolute atomic E-state index is 12.6. The molecule has 2 nitrogen and oxygen atoms in total. The van der Waals surface area contributed by atoms with E-state index in [4.69, 9.17) is 5.73 Å². The van der Waals surface area contributed by atoms with E-state index in [2.05, 4.69) is 15.9 Å². The molecule has 0 heterocycles. The van der Waals surface area contributed by atoms with Crippen LogP contribution in [0.1, 0.15) is 17.2 Å². The second kappa shape index (κ2) is 4.51. The first-order valence-electron chi connectivity index (χ1n) is 4.11. The summed E-state index contributed by atoms with van der Waals surface area (Å²) >= 11 is 2.95. The molecule has 0 aromatic heterocycles. The van der Waals surface area contributed by atoms with Gasteiger partial charge in [0, 0.05) is 11.0 Å². The molecule has 0 saturated heterocycles. The topological polar surface area (TPSA) is 46.2 Å². The molecule has 0 aliphatic rings. The standard InChI is InChI=1S/C9H9BrF3NO/c10-5-1-2-6(8(15)4-14)7(3-5)9(11,12)13/h1-3,8,15H,4,14H2/t8-/m1/s1. The van der Waals surface area contributed by atoms with Crippen LogP contribution in [0.25, 0.3) is 0 Å². The van der Waals surface area contributed by atoms with E-state index in [0.29, 0.717) is 4.47 Å². The first-order chi connectivity index (χ1) is 6.86. The molecule has 0 spiro atoms. The summed E-state index contributed by atoms with van der Waals surface area (Å²) in [5.41, 5.74) is 4.06. The van der Waals surface area contributed by atoms with Gasteiger partial charge in [0.2, 0.25) is 0 Å². The Kier molecular flexibility index (Phi) is 3.75. The number of rotatable bonds is 2. The van der Waals surface area contributed by atoms with Gasteiger partial charge in [0.15, 0.2) is 0 Å². The van der Waals surface area contributed by atoms with Crippen LogP contribution in [0.5, 0.6) is 0 Å². The quantitative estimate of drug-likeness (QED) is 0.876. The molecule has 0 aliphatic carbocycles. The lowest BCUT2D eigenvalue weighted by molar-refractivity contribution is -0.139. The third kappa shape index (κ3) is 2.93. The molecule has 0 radical (unpaired) electrons. The fourth-order valence-electron chi connectivity index (χ4n) is 1.19. The van der Waals surface area contributed by atoms with Gasteiger partial charge in [0.05, 0.1) is 11.7 Å². The van der Waals surface area contributed by atoms with Crippen LogP contribution in [0.3, 0.4) is 0 Å². The highest BCUT2D eigenvalue weighted by Gasteiger charge is 2.34. The van der Waals surface area contributed by atoms with E-state index in [-0.39, 0.29) is 12.1 Å². The average molecular weight is 284 g/mol. The van der Waals surface area contributed by atoms with Crippen LogP contribution in [0.15, 0.2) is 22.7 Å². The van der Waals surface area contributed by atoms with E-state index in [0.717, 1.165) is 6.07 Å². The highest BCUT2D eigenvalue weighted by atomic mass is 79.9. The Hall–Kier alpha value is -0.590. The van der Waals surface area contributed by atoms with Crippen molar-refractivity contribution in [2.75, 3.05) is 6.54 Å². The van der Waals surface area contributed by atoms with Crippen molar-refractivity contribution in [1.29, 1.82) is 0 Å². The second-order valence-corrected chi connectivity index (χ2v) is 3.90. The molecular weight excluding hydrogens is 275 g/mol. The minimum Gasteiger partial charge on any atom is -0.387 e. The van der Waals surface area contributed by atoms with Gasteiger partial charge in [0.1, 0.15) is 0 Å². The Bertz CT molecular complexity index is 354. The summed E-state index contributed by atoms with van der Waals surface area (Å²) in [6, 6.07) is 3.57. The maximum atomic E-state index is 12.6. The summed E-state index contributed by atoms with van der Waals surface area (Å²) in [5, 5.41) is 9.32. The number of hydrogen-bond acceptors (Lipinski definition) is 2. The van der Waals surface area contributed by atoms with Crippen LogP contribution in [-0.2, 0) is 6.18 Å². The van der Waals surface area contributed by atoms with E-state index in [1.54, 1.807) is 0 Å². The van der Waals surface area contributed by atoms with E-state index in [1.165, 1.54) is 12.1 Å². The summed E-state index contributed by atoms with van der Waals surface area (Å²) in [6.07, 6.45) is -5.79. The lowest BCUT2D eigenvalue weighted by atomic mass is 10.0. The van der Waals surface area contributed by atoms with Crippen molar-refractivity contribution >= 4 is 15.9 Å². The lowest BCUT2D eigenvalue weighted by Crippen LogP contribution is -2.17. The molecule has 0 amide bonds. The Morgan fingerprint density at radius 3 is 2.47 bits per heavy atom. The zero-order valence-electron chi connectivity index (χ0n) is 7.55. The molecule has 0 saturated carbocycles. The van der Waals surface area contributed by atoms with Gasteiger partial charge in [-0.05, 0) is 17.7 Å². The lowest BCUT2D eigenvalue weighted by Gasteiger charge is -2.16. The molecule has 1 atom stereocenters. The summed E-state index contributed by atoms with van der Waals surface area (Å²) < 4.78 is 38.0. The van der Waals surface area contributed by atoms with E-state index in [9.17, 15) is 18.3 Å². The highest BCUT2D eigenvalue weighted by Crippen LogP contribution is 2.36. The number of aliphatic hydroxyl groups is 1. The Morgan fingerprint density at radius 2 is 2.00 bits per heavy atom. The average Bonchev–Trinajstić information content (AvgIpc) is 2.15. The fourth-order valence-corrected chi connectivity index (χ4v) is 1.55. The first-order valence-corrected chi connectivity index (χ1v) is 4.90. The van der Waals surface area contributed by atoms with Crippen molar-refractivity contribution in [2.24, 2.45) is 5.73 Å². The Labute approximate surface area is 93.0 Å². The normalized spacial score (nSPS) is 14.0. The van der Waals surface area contributed by atoms with Crippen molar-refractivity contribution in [2.45, 2.75) is 12.3 Å². The van der Waals surface area contributed by atoms with E-state index in [1.807, 2.05) is 0 Å². The zero-order chi connectivity index (χ0) is 11.6. The van der Waals surface area contributed by atoms with Gasteiger partial charge >= 0.3 is 6.18 Å². The summed E-state index contributed by atoms with van der Waals surface area (Å²) in [6.45, 7) is -0.245. The number of hydrogen-bond donors (Lipinski definition) is 2. The fraction of sp³-hybridized carbons (Fsp3) is 0.333. The largest absolute Gasteiger partial charge is 0.416 e. The third-order valence-electron chi connectivity index (χ3n) is 1.90. The van der Waals surface area contributed by atoms with Crippen LogP contribution < -0.4 is 5.73 Å². The van der Waals surface area contributed by atoms with Gasteiger partial charge in [-0.15, -0.1) is 0 Å². The molecule has 1 aromatic rings. The molecule has 6 heteroatoms. The molecule has 0 bridgehead atoms.